The van der Waals surface area contributed by atoms with Crippen molar-refractivity contribution in [2.75, 3.05) is 12.4 Å². The Morgan fingerprint density at radius 3 is 2.72 bits per heavy atom. The fourth-order valence-corrected chi connectivity index (χ4v) is 1.86. The largest absolute Gasteiger partial charge is 0.473 e. The van der Waals surface area contributed by atoms with E-state index in [1.54, 1.807) is 0 Å². The van der Waals surface area contributed by atoms with Gasteiger partial charge in [0.15, 0.2) is 5.16 Å². The fourth-order valence-electron chi connectivity index (χ4n) is 1.15. The molecule has 1 aromatic rings. The van der Waals surface area contributed by atoms with E-state index in [4.69, 9.17) is 4.74 Å². The molecule has 0 fully saturated rings. The number of H-pyrrole nitrogens is 1. The van der Waals surface area contributed by atoms with Crippen molar-refractivity contribution in [3.05, 3.63) is 20.5 Å². The summed E-state index contributed by atoms with van der Waals surface area (Å²) in [7, 11) is 0. The third kappa shape index (κ3) is 3.73. The summed E-state index contributed by atoms with van der Waals surface area (Å²) in [6.45, 7) is 4.14. The zero-order valence-corrected chi connectivity index (χ0v) is 11.1. The number of thioether (sulfide) groups is 1. The number of rotatable bonds is 7. The maximum absolute atomic E-state index is 11.6. The summed E-state index contributed by atoms with van der Waals surface area (Å²) in [5, 5.41) is 11.1. The molecule has 0 amide bonds. The Morgan fingerprint density at radius 1 is 1.44 bits per heavy atom. The topological polar surface area (TPSA) is 98.1 Å². The van der Waals surface area contributed by atoms with Crippen molar-refractivity contribution in [1.29, 1.82) is 0 Å². The summed E-state index contributed by atoms with van der Waals surface area (Å²) in [5.41, 5.74) is -1.41. The summed E-state index contributed by atoms with van der Waals surface area (Å²) in [6, 6.07) is 0. The van der Waals surface area contributed by atoms with E-state index in [9.17, 15) is 14.9 Å². The summed E-state index contributed by atoms with van der Waals surface area (Å²) in [6.07, 6.45) is 1.60. The number of hydrogen-bond acceptors (Lipinski definition) is 6. The molecule has 100 valence electrons. The van der Waals surface area contributed by atoms with Gasteiger partial charge in [0.05, 0.1) is 11.5 Å². The smallest absolute Gasteiger partial charge is 0.395 e. The maximum Gasteiger partial charge on any atom is 0.395 e. The number of aromatic nitrogens is 2. The van der Waals surface area contributed by atoms with Crippen LogP contribution in [0.4, 0.5) is 5.69 Å². The number of nitrogens with zero attached hydrogens (tertiary/aromatic N) is 2. The number of ether oxygens (including phenoxy) is 1. The molecule has 7 nitrogen and oxygen atoms in total. The van der Waals surface area contributed by atoms with Crippen molar-refractivity contribution in [3.63, 3.8) is 0 Å². The van der Waals surface area contributed by atoms with Crippen LogP contribution in [-0.4, -0.2) is 27.3 Å². The molecule has 0 saturated carbocycles. The minimum atomic E-state index is -0.778. The average molecular weight is 273 g/mol. The van der Waals surface area contributed by atoms with Gasteiger partial charge in [-0.2, -0.15) is 4.98 Å². The molecule has 1 rings (SSSR count). The van der Waals surface area contributed by atoms with Gasteiger partial charge < -0.3 is 4.74 Å². The molecule has 0 bridgehead atoms. The molecule has 0 aliphatic carbocycles. The molecule has 0 aliphatic rings. The average Bonchev–Trinajstić information content (AvgIpc) is 2.32. The standard InChI is InChI=1S/C10H15N3O4S/c1-3-5-17-9-7(13(15)16)8(14)11-10(12-9)18-6-4-2/h3-6H2,1-2H3,(H,11,12,14). The summed E-state index contributed by atoms with van der Waals surface area (Å²) < 4.78 is 5.16. The lowest BCUT2D eigenvalue weighted by atomic mass is 10.5. The Labute approximate surface area is 108 Å². The lowest BCUT2D eigenvalue weighted by Crippen LogP contribution is -2.16. The van der Waals surface area contributed by atoms with Crippen molar-refractivity contribution in [2.24, 2.45) is 0 Å². The Hall–Kier alpha value is -1.57. The first-order chi connectivity index (χ1) is 8.60. The van der Waals surface area contributed by atoms with E-state index in [1.807, 2.05) is 13.8 Å². The first-order valence-corrected chi connectivity index (χ1v) is 6.63. The predicted molar refractivity (Wildman–Crippen MR) is 68.3 cm³/mol. The Bertz CT molecular complexity index is 475. The van der Waals surface area contributed by atoms with Crippen LogP contribution in [0.2, 0.25) is 0 Å². The molecule has 1 aromatic heterocycles. The van der Waals surface area contributed by atoms with Crippen molar-refractivity contribution in [1.82, 2.24) is 9.97 Å². The van der Waals surface area contributed by atoms with Crippen LogP contribution in [0.25, 0.3) is 0 Å². The zero-order valence-electron chi connectivity index (χ0n) is 10.3. The monoisotopic (exact) mass is 273 g/mol. The lowest BCUT2D eigenvalue weighted by Gasteiger charge is -2.05. The third-order valence-electron chi connectivity index (χ3n) is 1.91. The van der Waals surface area contributed by atoms with Crippen LogP contribution in [0.5, 0.6) is 5.88 Å². The SMILES string of the molecule is CCCOc1nc(SCCC)[nH]c(=O)c1[N+](=O)[O-]. The molecular formula is C10H15N3O4S. The van der Waals surface area contributed by atoms with Gasteiger partial charge in [-0.05, 0) is 12.8 Å². The van der Waals surface area contributed by atoms with E-state index in [0.717, 1.165) is 12.2 Å². The first-order valence-electron chi connectivity index (χ1n) is 5.64. The summed E-state index contributed by atoms with van der Waals surface area (Å²) in [5.74, 6) is 0.567. The lowest BCUT2D eigenvalue weighted by molar-refractivity contribution is -0.387. The van der Waals surface area contributed by atoms with Crippen LogP contribution in [0.1, 0.15) is 26.7 Å². The van der Waals surface area contributed by atoms with E-state index in [2.05, 4.69) is 9.97 Å². The second-order valence-electron chi connectivity index (χ2n) is 3.48. The fraction of sp³-hybridized carbons (Fsp3) is 0.600. The number of nitrogens with one attached hydrogen (secondary N) is 1. The van der Waals surface area contributed by atoms with Gasteiger partial charge in [0.25, 0.3) is 0 Å². The maximum atomic E-state index is 11.6. The molecule has 0 spiro atoms. The van der Waals surface area contributed by atoms with E-state index in [-0.39, 0.29) is 12.5 Å². The van der Waals surface area contributed by atoms with Crippen LogP contribution >= 0.6 is 11.8 Å². The number of aromatic amines is 1. The van der Waals surface area contributed by atoms with Gasteiger partial charge in [0, 0.05) is 5.75 Å². The third-order valence-corrected chi connectivity index (χ3v) is 2.99. The Kier molecular flexibility index (Phi) is 5.63. The van der Waals surface area contributed by atoms with Gasteiger partial charge in [-0.1, -0.05) is 25.6 Å². The number of nitro groups is 1. The highest BCUT2D eigenvalue weighted by Gasteiger charge is 2.23. The van der Waals surface area contributed by atoms with Crippen LogP contribution in [-0.2, 0) is 0 Å². The van der Waals surface area contributed by atoms with Crippen molar-refractivity contribution in [3.8, 4) is 5.88 Å². The normalized spacial score (nSPS) is 10.3. The molecule has 8 heteroatoms. The molecule has 0 radical (unpaired) electrons. The van der Waals surface area contributed by atoms with Crippen molar-refractivity contribution >= 4 is 17.4 Å². The number of hydrogen-bond donors (Lipinski definition) is 1. The minimum absolute atomic E-state index is 0.204. The molecule has 1 N–H and O–H groups in total. The second kappa shape index (κ2) is 7.00. The molecule has 0 unspecified atom stereocenters. The van der Waals surface area contributed by atoms with Gasteiger partial charge in [-0.15, -0.1) is 0 Å². The van der Waals surface area contributed by atoms with E-state index < -0.39 is 16.2 Å². The van der Waals surface area contributed by atoms with Gasteiger partial charge in [0.1, 0.15) is 0 Å². The Balaban J connectivity index is 3.11. The van der Waals surface area contributed by atoms with E-state index in [1.165, 1.54) is 11.8 Å². The minimum Gasteiger partial charge on any atom is -0.473 e. The summed E-state index contributed by atoms with van der Waals surface area (Å²) >= 11 is 1.33. The molecule has 1 heterocycles. The molecule has 0 saturated heterocycles. The second-order valence-corrected chi connectivity index (χ2v) is 4.56. The molecule has 18 heavy (non-hydrogen) atoms. The summed E-state index contributed by atoms with van der Waals surface area (Å²) in [4.78, 5) is 28.0. The van der Waals surface area contributed by atoms with Crippen LogP contribution in [0.15, 0.2) is 9.95 Å². The van der Waals surface area contributed by atoms with Gasteiger partial charge in [0.2, 0.25) is 0 Å². The van der Waals surface area contributed by atoms with Crippen molar-refractivity contribution < 1.29 is 9.66 Å². The highest BCUT2D eigenvalue weighted by molar-refractivity contribution is 7.99. The predicted octanol–water partition coefficient (Wildman–Crippen LogP) is 1.97. The molecular weight excluding hydrogens is 258 g/mol. The first kappa shape index (κ1) is 14.5. The van der Waals surface area contributed by atoms with Crippen LogP contribution in [0, 0.1) is 10.1 Å². The zero-order chi connectivity index (χ0) is 13.5. The van der Waals surface area contributed by atoms with Gasteiger partial charge in [-0.25, -0.2) is 0 Å². The van der Waals surface area contributed by atoms with E-state index >= 15 is 0 Å². The Morgan fingerprint density at radius 2 is 2.17 bits per heavy atom. The van der Waals surface area contributed by atoms with Gasteiger partial charge in [-0.3, -0.25) is 19.9 Å². The van der Waals surface area contributed by atoms with Crippen LogP contribution in [0.3, 0.4) is 0 Å². The van der Waals surface area contributed by atoms with E-state index in [0.29, 0.717) is 11.6 Å². The quantitative estimate of drug-likeness (QED) is 0.353. The van der Waals surface area contributed by atoms with Gasteiger partial charge >= 0.3 is 17.1 Å². The van der Waals surface area contributed by atoms with Crippen LogP contribution < -0.4 is 10.3 Å². The molecule has 0 atom stereocenters. The molecule has 0 aliphatic heterocycles. The van der Waals surface area contributed by atoms with Crippen molar-refractivity contribution in [2.45, 2.75) is 31.8 Å². The molecule has 0 aromatic carbocycles. The highest BCUT2D eigenvalue weighted by atomic mass is 32.2. The highest BCUT2D eigenvalue weighted by Crippen LogP contribution is 2.23.